The molecule has 0 aromatic heterocycles. The number of aliphatic hydroxyl groups excluding tert-OH is 1. The van der Waals surface area contributed by atoms with Crippen LogP contribution in [0.25, 0.3) is 0 Å². The van der Waals surface area contributed by atoms with Crippen molar-refractivity contribution in [2.24, 2.45) is 0 Å². The minimum absolute atomic E-state index is 0.0787. The summed E-state index contributed by atoms with van der Waals surface area (Å²) in [5.74, 6) is 0.0787. The van der Waals surface area contributed by atoms with E-state index in [1.165, 1.54) is 5.56 Å². The monoisotopic (exact) mass is 235 g/mol. The van der Waals surface area contributed by atoms with Crippen LogP contribution in [0.4, 0.5) is 5.69 Å². The second kappa shape index (κ2) is 7.85. The van der Waals surface area contributed by atoms with Crippen molar-refractivity contribution < 1.29 is 9.90 Å². The molecule has 0 spiro atoms. The molecular formula is C14H21NO2. The SMILES string of the molecule is CCCCC(=O)Nc1ccc(CCCO)cc1. The summed E-state index contributed by atoms with van der Waals surface area (Å²) in [5, 5.41) is 11.6. The Morgan fingerprint density at radius 1 is 1.24 bits per heavy atom. The molecule has 0 fully saturated rings. The van der Waals surface area contributed by atoms with Gasteiger partial charge in [-0.05, 0) is 37.0 Å². The predicted octanol–water partition coefficient (Wildman–Crippen LogP) is 2.74. The lowest BCUT2D eigenvalue weighted by Crippen LogP contribution is -2.10. The van der Waals surface area contributed by atoms with Gasteiger partial charge in [0.2, 0.25) is 5.91 Å². The molecule has 0 atom stereocenters. The Kier molecular flexibility index (Phi) is 6.33. The normalized spacial score (nSPS) is 10.2. The van der Waals surface area contributed by atoms with Gasteiger partial charge >= 0.3 is 0 Å². The van der Waals surface area contributed by atoms with E-state index in [0.29, 0.717) is 6.42 Å². The van der Waals surface area contributed by atoms with Crippen LogP contribution < -0.4 is 5.32 Å². The number of anilines is 1. The zero-order chi connectivity index (χ0) is 12.5. The summed E-state index contributed by atoms with van der Waals surface area (Å²) in [4.78, 5) is 11.5. The molecule has 0 aliphatic carbocycles. The molecule has 2 N–H and O–H groups in total. The standard InChI is InChI=1S/C14H21NO2/c1-2-3-6-14(17)15-13-9-7-12(8-10-13)5-4-11-16/h7-10,16H,2-6,11H2,1H3,(H,15,17). The fourth-order valence-corrected chi connectivity index (χ4v) is 1.60. The van der Waals surface area contributed by atoms with E-state index in [9.17, 15) is 4.79 Å². The van der Waals surface area contributed by atoms with E-state index >= 15 is 0 Å². The largest absolute Gasteiger partial charge is 0.396 e. The first-order chi connectivity index (χ1) is 8.26. The van der Waals surface area contributed by atoms with Gasteiger partial charge in [0.05, 0.1) is 0 Å². The van der Waals surface area contributed by atoms with E-state index in [0.717, 1.165) is 31.4 Å². The molecule has 0 saturated heterocycles. The molecule has 1 aromatic carbocycles. The van der Waals surface area contributed by atoms with Gasteiger partial charge < -0.3 is 10.4 Å². The number of rotatable bonds is 7. The molecule has 1 amide bonds. The van der Waals surface area contributed by atoms with Crippen molar-refractivity contribution in [1.29, 1.82) is 0 Å². The Bertz CT molecular complexity index is 333. The number of hydrogen-bond donors (Lipinski definition) is 2. The fourth-order valence-electron chi connectivity index (χ4n) is 1.60. The number of carbonyl (C=O) groups excluding carboxylic acids is 1. The van der Waals surface area contributed by atoms with Gasteiger partial charge in [0.25, 0.3) is 0 Å². The summed E-state index contributed by atoms with van der Waals surface area (Å²) in [5.41, 5.74) is 2.03. The number of benzene rings is 1. The third-order valence-electron chi connectivity index (χ3n) is 2.62. The number of carbonyl (C=O) groups is 1. The zero-order valence-electron chi connectivity index (χ0n) is 10.4. The van der Waals surface area contributed by atoms with Gasteiger partial charge in [-0.3, -0.25) is 4.79 Å². The van der Waals surface area contributed by atoms with Gasteiger partial charge in [0.15, 0.2) is 0 Å². The number of hydrogen-bond acceptors (Lipinski definition) is 2. The molecule has 94 valence electrons. The van der Waals surface area contributed by atoms with E-state index in [-0.39, 0.29) is 12.5 Å². The van der Waals surface area contributed by atoms with Crippen molar-refractivity contribution in [3.05, 3.63) is 29.8 Å². The summed E-state index contributed by atoms with van der Waals surface area (Å²) in [6.45, 7) is 2.29. The molecule has 0 radical (unpaired) electrons. The van der Waals surface area contributed by atoms with E-state index in [1.807, 2.05) is 24.3 Å². The van der Waals surface area contributed by atoms with Crippen LogP contribution in [0.5, 0.6) is 0 Å². The summed E-state index contributed by atoms with van der Waals surface area (Å²) in [6, 6.07) is 7.81. The zero-order valence-corrected chi connectivity index (χ0v) is 10.4. The topological polar surface area (TPSA) is 49.3 Å². The first-order valence-electron chi connectivity index (χ1n) is 6.26. The Labute approximate surface area is 103 Å². The molecule has 0 unspecified atom stereocenters. The van der Waals surface area contributed by atoms with E-state index in [2.05, 4.69) is 12.2 Å². The van der Waals surface area contributed by atoms with Crippen LogP contribution in [-0.2, 0) is 11.2 Å². The summed E-state index contributed by atoms with van der Waals surface area (Å²) in [7, 11) is 0. The smallest absolute Gasteiger partial charge is 0.224 e. The molecule has 3 heteroatoms. The lowest BCUT2D eigenvalue weighted by molar-refractivity contribution is -0.116. The van der Waals surface area contributed by atoms with Crippen molar-refractivity contribution >= 4 is 11.6 Å². The first kappa shape index (κ1) is 13.7. The van der Waals surface area contributed by atoms with Crippen LogP contribution in [0.1, 0.15) is 38.2 Å². The lowest BCUT2D eigenvalue weighted by Gasteiger charge is -2.06. The molecule has 0 bridgehead atoms. The van der Waals surface area contributed by atoms with Gasteiger partial charge in [0.1, 0.15) is 0 Å². The number of unbranched alkanes of at least 4 members (excludes halogenated alkanes) is 1. The third kappa shape index (κ3) is 5.50. The highest BCUT2D eigenvalue weighted by Gasteiger charge is 2.01. The van der Waals surface area contributed by atoms with Crippen LogP contribution in [0, 0.1) is 0 Å². The predicted molar refractivity (Wildman–Crippen MR) is 70.0 cm³/mol. The summed E-state index contributed by atoms with van der Waals surface area (Å²) >= 11 is 0. The van der Waals surface area contributed by atoms with Gasteiger partial charge in [-0.1, -0.05) is 25.5 Å². The quantitative estimate of drug-likeness (QED) is 0.763. The second-order valence-corrected chi connectivity index (χ2v) is 4.18. The number of amides is 1. The van der Waals surface area contributed by atoms with Crippen molar-refractivity contribution in [3.8, 4) is 0 Å². The van der Waals surface area contributed by atoms with Crippen molar-refractivity contribution in [2.75, 3.05) is 11.9 Å². The lowest BCUT2D eigenvalue weighted by atomic mass is 10.1. The summed E-state index contributed by atoms with van der Waals surface area (Å²) in [6.07, 6.45) is 4.21. The van der Waals surface area contributed by atoms with E-state index < -0.39 is 0 Å². The molecule has 0 heterocycles. The van der Waals surface area contributed by atoms with Gasteiger partial charge in [0, 0.05) is 18.7 Å². The molecule has 1 aromatic rings. The molecular weight excluding hydrogens is 214 g/mol. The highest BCUT2D eigenvalue weighted by Crippen LogP contribution is 2.11. The van der Waals surface area contributed by atoms with Gasteiger partial charge in [-0.2, -0.15) is 0 Å². The molecule has 17 heavy (non-hydrogen) atoms. The van der Waals surface area contributed by atoms with Crippen LogP contribution in [0.3, 0.4) is 0 Å². The molecule has 3 nitrogen and oxygen atoms in total. The Hall–Kier alpha value is -1.35. The Balaban J connectivity index is 2.42. The molecule has 0 aliphatic rings. The highest BCUT2D eigenvalue weighted by molar-refractivity contribution is 5.90. The minimum Gasteiger partial charge on any atom is -0.396 e. The van der Waals surface area contributed by atoms with Crippen molar-refractivity contribution in [2.45, 2.75) is 39.0 Å². The Morgan fingerprint density at radius 2 is 1.94 bits per heavy atom. The van der Waals surface area contributed by atoms with Crippen molar-refractivity contribution in [3.63, 3.8) is 0 Å². The van der Waals surface area contributed by atoms with E-state index in [4.69, 9.17) is 5.11 Å². The number of aliphatic hydroxyl groups is 1. The van der Waals surface area contributed by atoms with Crippen molar-refractivity contribution in [1.82, 2.24) is 0 Å². The van der Waals surface area contributed by atoms with E-state index in [1.54, 1.807) is 0 Å². The second-order valence-electron chi connectivity index (χ2n) is 4.18. The number of nitrogens with one attached hydrogen (secondary N) is 1. The average Bonchev–Trinajstić information content (AvgIpc) is 2.35. The highest BCUT2D eigenvalue weighted by atomic mass is 16.2. The van der Waals surface area contributed by atoms with Crippen LogP contribution in [0.2, 0.25) is 0 Å². The van der Waals surface area contributed by atoms with Gasteiger partial charge in [-0.15, -0.1) is 0 Å². The third-order valence-corrected chi connectivity index (χ3v) is 2.62. The average molecular weight is 235 g/mol. The van der Waals surface area contributed by atoms with Crippen LogP contribution in [-0.4, -0.2) is 17.6 Å². The maximum Gasteiger partial charge on any atom is 0.224 e. The molecule has 1 rings (SSSR count). The summed E-state index contributed by atoms with van der Waals surface area (Å²) < 4.78 is 0. The molecule has 0 aliphatic heterocycles. The molecule has 0 saturated carbocycles. The first-order valence-corrected chi connectivity index (χ1v) is 6.26. The van der Waals surface area contributed by atoms with Crippen LogP contribution in [0.15, 0.2) is 24.3 Å². The number of aryl methyl sites for hydroxylation is 1. The fraction of sp³-hybridized carbons (Fsp3) is 0.500. The van der Waals surface area contributed by atoms with Crippen LogP contribution >= 0.6 is 0 Å². The maximum atomic E-state index is 11.5. The van der Waals surface area contributed by atoms with Gasteiger partial charge in [-0.25, -0.2) is 0 Å². The minimum atomic E-state index is 0.0787. The maximum absolute atomic E-state index is 11.5. The Morgan fingerprint density at radius 3 is 2.53 bits per heavy atom.